The zero-order valence-electron chi connectivity index (χ0n) is 10.7. The maximum atomic E-state index is 13.4. The van der Waals surface area contributed by atoms with Crippen molar-refractivity contribution in [3.63, 3.8) is 0 Å². The van der Waals surface area contributed by atoms with Crippen molar-refractivity contribution in [2.24, 2.45) is 11.8 Å². The summed E-state index contributed by atoms with van der Waals surface area (Å²) >= 11 is 5.94. The molecule has 0 aromatic heterocycles. The fourth-order valence-electron chi connectivity index (χ4n) is 2.99. The molecule has 2 rings (SSSR count). The van der Waals surface area contributed by atoms with E-state index in [1.807, 2.05) is 0 Å². The molecule has 18 heavy (non-hydrogen) atoms. The Kier molecular flexibility index (Phi) is 4.63. The molecule has 1 aromatic rings. The van der Waals surface area contributed by atoms with Crippen molar-refractivity contribution in [3.05, 3.63) is 34.6 Å². The lowest BCUT2D eigenvalue weighted by molar-refractivity contribution is 0.0676. The van der Waals surface area contributed by atoms with Gasteiger partial charge in [-0.3, -0.25) is 0 Å². The number of halogens is 2. The van der Waals surface area contributed by atoms with Crippen LogP contribution in [-0.4, -0.2) is 5.11 Å². The fraction of sp³-hybridized carbons (Fsp3) is 0.600. The average Bonchev–Trinajstić information content (AvgIpc) is 2.41. The Labute approximate surface area is 113 Å². The molecule has 1 N–H and O–H groups in total. The van der Waals surface area contributed by atoms with Crippen molar-refractivity contribution in [2.45, 2.75) is 45.1 Å². The first-order chi connectivity index (χ1) is 8.63. The van der Waals surface area contributed by atoms with Gasteiger partial charge in [0.2, 0.25) is 0 Å². The Hall–Kier alpha value is -0.600. The molecule has 1 fully saturated rings. The third-order valence-electron chi connectivity index (χ3n) is 4.15. The fourth-order valence-corrected chi connectivity index (χ4v) is 3.23. The summed E-state index contributed by atoms with van der Waals surface area (Å²) in [4.78, 5) is 0. The van der Waals surface area contributed by atoms with E-state index in [-0.39, 0.29) is 10.9 Å². The standard InChI is InChI=1S/C15H20ClFO/c1-2-10-5-3-6-11(9-10)15(18)12-7-4-8-13(17)14(12)16/h4,7-8,10-11,15,18H,2-3,5-6,9H2,1H3. The molecule has 0 saturated heterocycles. The first-order valence-corrected chi connectivity index (χ1v) is 7.13. The molecule has 0 aliphatic heterocycles. The van der Waals surface area contributed by atoms with E-state index in [1.54, 1.807) is 12.1 Å². The van der Waals surface area contributed by atoms with E-state index in [2.05, 4.69) is 6.92 Å². The molecule has 1 nitrogen and oxygen atoms in total. The number of rotatable bonds is 3. The van der Waals surface area contributed by atoms with Gasteiger partial charge in [-0.15, -0.1) is 0 Å². The Balaban J connectivity index is 2.15. The van der Waals surface area contributed by atoms with E-state index in [0.29, 0.717) is 11.5 Å². The van der Waals surface area contributed by atoms with Gasteiger partial charge in [-0.1, -0.05) is 49.9 Å². The molecule has 0 radical (unpaired) electrons. The molecule has 3 atom stereocenters. The zero-order valence-corrected chi connectivity index (χ0v) is 11.5. The summed E-state index contributed by atoms with van der Waals surface area (Å²) in [6.07, 6.45) is 4.93. The molecular formula is C15H20ClFO. The van der Waals surface area contributed by atoms with Crippen molar-refractivity contribution in [1.29, 1.82) is 0 Å². The van der Waals surface area contributed by atoms with Gasteiger partial charge in [-0.05, 0) is 30.7 Å². The molecule has 1 aliphatic rings. The van der Waals surface area contributed by atoms with Crippen LogP contribution in [0, 0.1) is 17.7 Å². The van der Waals surface area contributed by atoms with Crippen LogP contribution in [0.15, 0.2) is 18.2 Å². The first-order valence-electron chi connectivity index (χ1n) is 6.75. The SMILES string of the molecule is CCC1CCCC(C(O)c2cccc(F)c2Cl)C1. The van der Waals surface area contributed by atoms with Crippen LogP contribution in [0.1, 0.15) is 50.7 Å². The topological polar surface area (TPSA) is 20.2 Å². The van der Waals surface area contributed by atoms with E-state index >= 15 is 0 Å². The van der Waals surface area contributed by atoms with Gasteiger partial charge < -0.3 is 5.11 Å². The minimum Gasteiger partial charge on any atom is -0.388 e. The van der Waals surface area contributed by atoms with Crippen molar-refractivity contribution in [2.75, 3.05) is 0 Å². The second-order valence-electron chi connectivity index (χ2n) is 5.29. The Morgan fingerprint density at radius 2 is 2.22 bits per heavy atom. The van der Waals surface area contributed by atoms with Gasteiger partial charge in [0.05, 0.1) is 11.1 Å². The predicted molar refractivity (Wildman–Crippen MR) is 72.1 cm³/mol. The van der Waals surface area contributed by atoms with E-state index in [9.17, 15) is 9.50 Å². The lowest BCUT2D eigenvalue weighted by Gasteiger charge is -2.32. The number of hydrogen-bond acceptors (Lipinski definition) is 1. The van der Waals surface area contributed by atoms with Crippen LogP contribution in [0.5, 0.6) is 0 Å². The molecule has 0 bridgehead atoms. The second-order valence-corrected chi connectivity index (χ2v) is 5.67. The largest absolute Gasteiger partial charge is 0.388 e. The van der Waals surface area contributed by atoms with Crippen LogP contribution < -0.4 is 0 Å². The van der Waals surface area contributed by atoms with Crippen molar-refractivity contribution < 1.29 is 9.50 Å². The van der Waals surface area contributed by atoms with Crippen LogP contribution in [-0.2, 0) is 0 Å². The maximum absolute atomic E-state index is 13.4. The third-order valence-corrected chi connectivity index (χ3v) is 4.55. The molecule has 1 aliphatic carbocycles. The lowest BCUT2D eigenvalue weighted by atomic mass is 9.76. The summed E-state index contributed by atoms with van der Waals surface area (Å²) < 4.78 is 13.4. The van der Waals surface area contributed by atoms with Gasteiger partial charge >= 0.3 is 0 Å². The quantitative estimate of drug-likeness (QED) is 0.842. The van der Waals surface area contributed by atoms with E-state index in [1.165, 1.54) is 12.5 Å². The van der Waals surface area contributed by atoms with Crippen molar-refractivity contribution in [3.8, 4) is 0 Å². The van der Waals surface area contributed by atoms with Gasteiger partial charge in [0, 0.05) is 5.56 Å². The maximum Gasteiger partial charge on any atom is 0.142 e. The van der Waals surface area contributed by atoms with Gasteiger partial charge in [0.1, 0.15) is 5.82 Å². The van der Waals surface area contributed by atoms with Crippen LogP contribution in [0.4, 0.5) is 4.39 Å². The highest BCUT2D eigenvalue weighted by Crippen LogP contribution is 2.40. The van der Waals surface area contributed by atoms with Crippen LogP contribution in [0.2, 0.25) is 5.02 Å². The molecule has 100 valence electrons. The number of hydrogen-bond donors (Lipinski definition) is 1. The molecule has 1 saturated carbocycles. The summed E-state index contributed by atoms with van der Waals surface area (Å²) in [7, 11) is 0. The number of benzene rings is 1. The Morgan fingerprint density at radius 1 is 1.44 bits per heavy atom. The van der Waals surface area contributed by atoms with E-state index < -0.39 is 11.9 Å². The average molecular weight is 271 g/mol. The predicted octanol–water partition coefficient (Wildman–Crippen LogP) is 4.73. The van der Waals surface area contributed by atoms with Gasteiger partial charge in [0.15, 0.2) is 0 Å². The lowest BCUT2D eigenvalue weighted by Crippen LogP contribution is -2.21. The summed E-state index contributed by atoms with van der Waals surface area (Å²) in [6.45, 7) is 2.19. The summed E-state index contributed by atoms with van der Waals surface area (Å²) in [5, 5.41) is 10.5. The van der Waals surface area contributed by atoms with E-state index in [0.717, 1.165) is 25.7 Å². The molecule has 1 aromatic carbocycles. The van der Waals surface area contributed by atoms with Gasteiger partial charge in [-0.25, -0.2) is 4.39 Å². The molecule has 3 unspecified atom stereocenters. The monoisotopic (exact) mass is 270 g/mol. The summed E-state index contributed by atoms with van der Waals surface area (Å²) in [5.41, 5.74) is 0.540. The molecular weight excluding hydrogens is 251 g/mol. The minimum absolute atomic E-state index is 0.0728. The van der Waals surface area contributed by atoms with Gasteiger partial charge in [-0.2, -0.15) is 0 Å². The van der Waals surface area contributed by atoms with Gasteiger partial charge in [0.25, 0.3) is 0 Å². The minimum atomic E-state index is -0.637. The highest BCUT2D eigenvalue weighted by atomic mass is 35.5. The smallest absolute Gasteiger partial charge is 0.142 e. The second kappa shape index (κ2) is 6.03. The van der Waals surface area contributed by atoms with E-state index in [4.69, 9.17) is 11.6 Å². The van der Waals surface area contributed by atoms with Crippen molar-refractivity contribution in [1.82, 2.24) is 0 Å². The number of aliphatic hydroxyl groups excluding tert-OH is 1. The molecule has 0 spiro atoms. The van der Waals surface area contributed by atoms with Crippen LogP contribution >= 0.6 is 11.6 Å². The number of aliphatic hydroxyl groups is 1. The summed E-state index contributed by atoms with van der Waals surface area (Å²) in [5.74, 6) is 0.449. The Bertz CT molecular complexity index is 407. The third kappa shape index (κ3) is 2.86. The zero-order chi connectivity index (χ0) is 13.1. The summed E-state index contributed by atoms with van der Waals surface area (Å²) in [6, 6.07) is 4.67. The molecule has 3 heteroatoms. The van der Waals surface area contributed by atoms with Crippen molar-refractivity contribution >= 4 is 11.6 Å². The molecule has 0 heterocycles. The highest BCUT2D eigenvalue weighted by molar-refractivity contribution is 6.31. The normalized spacial score (nSPS) is 26.0. The highest BCUT2D eigenvalue weighted by Gasteiger charge is 2.29. The van der Waals surface area contributed by atoms with Crippen LogP contribution in [0.25, 0.3) is 0 Å². The van der Waals surface area contributed by atoms with Crippen LogP contribution in [0.3, 0.4) is 0 Å². The Morgan fingerprint density at radius 3 is 2.94 bits per heavy atom. The first kappa shape index (κ1) is 13.8. The molecule has 0 amide bonds.